The average molecular weight is 399 g/mol. The molecule has 2 aliphatic rings. The van der Waals surface area contributed by atoms with E-state index < -0.39 is 0 Å². The maximum atomic E-state index is 10.7. The lowest BCUT2D eigenvalue weighted by Gasteiger charge is -2.44. The quantitative estimate of drug-likeness (QED) is 0.620. The van der Waals surface area contributed by atoms with E-state index >= 15 is 0 Å². The molecule has 0 atom stereocenters. The number of hydrogen-bond acceptors (Lipinski definition) is 5. The molecule has 5 rings (SSSR count). The van der Waals surface area contributed by atoms with Gasteiger partial charge < -0.3 is 15.2 Å². The summed E-state index contributed by atoms with van der Waals surface area (Å²) in [5.41, 5.74) is 2.10. The molecule has 2 aromatic carbocycles. The van der Waals surface area contributed by atoms with Crippen molar-refractivity contribution in [3.63, 3.8) is 0 Å². The van der Waals surface area contributed by atoms with Gasteiger partial charge in [0.15, 0.2) is 5.82 Å². The van der Waals surface area contributed by atoms with E-state index in [1.807, 2.05) is 36.4 Å². The number of aromatic nitrogens is 2. The van der Waals surface area contributed by atoms with Crippen molar-refractivity contribution in [2.24, 2.45) is 5.92 Å². The maximum absolute atomic E-state index is 10.7. The fraction of sp³-hybridized carbons (Fsp3) is 0.360. The van der Waals surface area contributed by atoms with Crippen LogP contribution in [0.15, 0.2) is 42.5 Å². The van der Waals surface area contributed by atoms with Gasteiger partial charge in [0.25, 0.3) is 0 Å². The van der Waals surface area contributed by atoms with E-state index in [0.29, 0.717) is 23.2 Å². The minimum absolute atomic E-state index is 0.0588. The van der Waals surface area contributed by atoms with Gasteiger partial charge in [-0.05, 0) is 50.8 Å². The molecule has 2 saturated carbocycles. The number of phenolic OH excluding ortho intramolecular Hbond substituents is 1. The number of hydrogen-bond donors (Lipinski definition) is 2. The molecular weight excluding hydrogens is 374 g/mol. The van der Waals surface area contributed by atoms with Crippen molar-refractivity contribution in [2.45, 2.75) is 44.2 Å². The van der Waals surface area contributed by atoms with E-state index in [0.717, 1.165) is 35.0 Å². The number of fused-ring (bicyclic) bond motifs is 1. The summed E-state index contributed by atoms with van der Waals surface area (Å²) in [6, 6.07) is 13.9. The first-order chi connectivity index (χ1) is 14.5. The lowest BCUT2D eigenvalue weighted by Crippen LogP contribution is -2.49. The highest BCUT2D eigenvalue weighted by Gasteiger charge is 2.40. The van der Waals surface area contributed by atoms with Crippen LogP contribution in [0.5, 0.6) is 5.75 Å². The van der Waals surface area contributed by atoms with Crippen molar-refractivity contribution in [3.05, 3.63) is 48.0 Å². The number of nitrogens with one attached hydrogen (secondary N) is 1. The van der Waals surface area contributed by atoms with Crippen molar-refractivity contribution in [3.8, 4) is 28.8 Å². The van der Waals surface area contributed by atoms with Gasteiger partial charge in [0.05, 0.1) is 5.60 Å². The number of methoxy groups -OCH3 is 1. The summed E-state index contributed by atoms with van der Waals surface area (Å²) in [5, 5.41) is 25.1. The average Bonchev–Trinajstić information content (AvgIpc) is 3.56. The van der Waals surface area contributed by atoms with Crippen LogP contribution in [-0.2, 0) is 4.74 Å². The summed E-state index contributed by atoms with van der Waals surface area (Å²) < 4.78 is 5.55. The van der Waals surface area contributed by atoms with Crippen molar-refractivity contribution in [2.75, 3.05) is 12.4 Å². The topological polar surface area (TPSA) is 67.3 Å². The fourth-order valence-corrected chi connectivity index (χ4v) is 4.08. The largest absolute Gasteiger partial charge is 0.507 e. The molecule has 5 heteroatoms. The van der Waals surface area contributed by atoms with Crippen LogP contribution in [0.3, 0.4) is 0 Å². The number of rotatable bonds is 4. The fourth-order valence-electron chi connectivity index (χ4n) is 4.08. The number of phenols is 1. The van der Waals surface area contributed by atoms with E-state index in [1.54, 1.807) is 13.2 Å². The Bertz CT molecular complexity index is 1170. The van der Waals surface area contributed by atoms with Gasteiger partial charge in [-0.3, -0.25) is 0 Å². The molecule has 0 spiro atoms. The first kappa shape index (κ1) is 18.9. The molecule has 2 aliphatic carbocycles. The van der Waals surface area contributed by atoms with E-state index in [9.17, 15) is 5.11 Å². The third kappa shape index (κ3) is 3.59. The normalized spacial score (nSPS) is 22.8. The Morgan fingerprint density at radius 2 is 1.87 bits per heavy atom. The molecule has 2 fully saturated rings. The van der Waals surface area contributed by atoms with E-state index in [-0.39, 0.29) is 11.4 Å². The highest BCUT2D eigenvalue weighted by molar-refractivity contribution is 6.01. The predicted molar refractivity (Wildman–Crippen MR) is 118 cm³/mol. The summed E-state index contributed by atoms with van der Waals surface area (Å²) in [6.45, 7) is 2.12. The standard InChI is InChI=1S/C25H25N3O2/c1-25(30-2)14-18(15-25)26-24-20-6-4-3-5-19(20)23(27-28-24)21-12-11-17(13-22(21)29)10-9-16-7-8-16/h3-6,11-13,16,18,29H,7-8,14-15H2,1-2H3,(H,26,28). The van der Waals surface area contributed by atoms with Crippen LogP contribution < -0.4 is 5.32 Å². The number of aromatic hydroxyl groups is 1. The van der Waals surface area contributed by atoms with Crippen molar-refractivity contribution < 1.29 is 9.84 Å². The number of benzene rings is 2. The Hall–Kier alpha value is -3.10. The molecule has 0 bridgehead atoms. The summed E-state index contributed by atoms with van der Waals surface area (Å²) in [6.07, 6.45) is 4.24. The molecule has 3 aromatic rings. The van der Waals surface area contributed by atoms with E-state index in [4.69, 9.17) is 4.74 Å². The van der Waals surface area contributed by atoms with Crippen molar-refractivity contribution in [1.82, 2.24) is 10.2 Å². The summed E-state index contributed by atoms with van der Waals surface area (Å²) in [4.78, 5) is 0. The molecule has 2 N–H and O–H groups in total. The second kappa shape index (κ2) is 7.30. The Morgan fingerprint density at radius 3 is 2.57 bits per heavy atom. The van der Waals surface area contributed by atoms with Gasteiger partial charge in [-0.2, -0.15) is 0 Å². The molecule has 1 heterocycles. The Morgan fingerprint density at radius 1 is 1.10 bits per heavy atom. The minimum Gasteiger partial charge on any atom is -0.507 e. The Kier molecular flexibility index (Phi) is 4.60. The first-order valence-electron chi connectivity index (χ1n) is 10.5. The van der Waals surface area contributed by atoms with E-state index in [1.165, 1.54) is 12.8 Å². The molecule has 0 amide bonds. The van der Waals surface area contributed by atoms with Gasteiger partial charge in [0.1, 0.15) is 11.4 Å². The minimum atomic E-state index is -0.0588. The van der Waals surface area contributed by atoms with Crippen LogP contribution in [0.25, 0.3) is 22.0 Å². The third-order valence-electron chi connectivity index (χ3n) is 6.13. The maximum Gasteiger partial charge on any atom is 0.156 e. The molecule has 0 unspecified atom stereocenters. The molecule has 0 saturated heterocycles. The zero-order valence-electron chi connectivity index (χ0n) is 17.3. The molecule has 5 nitrogen and oxygen atoms in total. The van der Waals surface area contributed by atoms with Gasteiger partial charge in [-0.25, -0.2) is 0 Å². The lowest BCUT2D eigenvalue weighted by atomic mass is 9.77. The van der Waals surface area contributed by atoms with Gasteiger partial charge in [-0.1, -0.05) is 36.1 Å². The van der Waals surface area contributed by atoms with Gasteiger partial charge in [0.2, 0.25) is 0 Å². The predicted octanol–water partition coefficient (Wildman–Crippen LogP) is 4.74. The first-order valence-corrected chi connectivity index (χ1v) is 10.5. The van der Waals surface area contributed by atoms with Crippen molar-refractivity contribution >= 4 is 16.6 Å². The van der Waals surface area contributed by atoms with Crippen LogP contribution in [0.2, 0.25) is 0 Å². The second-order valence-electron chi connectivity index (χ2n) is 8.62. The smallest absolute Gasteiger partial charge is 0.156 e. The van der Waals surface area contributed by atoms with Crippen LogP contribution in [0.4, 0.5) is 5.82 Å². The molecule has 30 heavy (non-hydrogen) atoms. The van der Waals surface area contributed by atoms with Gasteiger partial charge >= 0.3 is 0 Å². The SMILES string of the molecule is COC1(C)CC(Nc2nnc(-c3ccc(C#CC4CC4)cc3O)c3ccccc23)C1. The number of ether oxygens (including phenoxy) is 1. The summed E-state index contributed by atoms with van der Waals surface area (Å²) in [7, 11) is 1.76. The Balaban J connectivity index is 1.47. The summed E-state index contributed by atoms with van der Waals surface area (Å²) >= 11 is 0. The summed E-state index contributed by atoms with van der Waals surface area (Å²) in [5.74, 6) is 7.85. The number of nitrogens with zero attached hydrogens (tertiary/aromatic N) is 2. The monoisotopic (exact) mass is 399 g/mol. The second-order valence-corrected chi connectivity index (χ2v) is 8.62. The lowest BCUT2D eigenvalue weighted by molar-refractivity contribution is -0.0625. The van der Waals surface area contributed by atoms with E-state index in [2.05, 4.69) is 34.3 Å². The van der Waals surface area contributed by atoms with Crippen LogP contribution in [0.1, 0.15) is 38.2 Å². The highest BCUT2D eigenvalue weighted by atomic mass is 16.5. The van der Waals surface area contributed by atoms with Crippen LogP contribution >= 0.6 is 0 Å². The molecule has 0 aliphatic heterocycles. The van der Waals surface area contributed by atoms with Crippen LogP contribution in [-0.4, -0.2) is 34.1 Å². The third-order valence-corrected chi connectivity index (χ3v) is 6.13. The van der Waals surface area contributed by atoms with Gasteiger partial charge in [0, 0.05) is 41.0 Å². The molecule has 152 valence electrons. The molecule has 1 aromatic heterocycles. The van der Waals surface area contributed by atoms with Crippen LogP contribution in [0, 0.1) is 17.8 Å². The Labute approximate surface area is 176 Å². The molecule has 0 radical (unpaired) electrons. The van der Waals surface area contributed by atoms with Gasteiger partial charge in [-0.15, -0.1) is 10.2 Å². The zero-order valence-corrected chi connectivity index (χ0v) is 17.3. The number of anilines is 1. The highest BCUT2D eigenvalue weighted by Crippen LogP contribution is 2.39. The van der Waals surface area contributed by atoms with Crippen molar-refractivity contribution in [1.29, 1.82) is 0 Å². The molecular formula is C25H25N3O2. The zero-order chi connectivity index (χ0) is 20.7.